The Kier molecular flexibility index (Phi) is 5.35. The summed E-state index contributed by atoms with van der Waals surface area (Å²) in [7, 11) is 0. The van der Waals surface area contributed by atoms with Crippen LogP contribution >= 0.6 is 0 Å². The van der Waals surface area contributed by atoms with Gasteiger partial charge in [0.1, 0.15) is 5.39 Å². The summed E-state index contributed by atoms with van der Waals surface area (Å²) in [4.78, 5) is 26.3. The van der Waals surface area contributed by atoms with Gasteiger partial charge in [-0.2, -0.15) is 18.2 Å². The number of aromatic nitrogens is 5. The van der Waals surface area contributed by atoms with Gasteiger partial charge in [-0.15, -0.1) is 0 Å². The molecule has 12 heteroatoms. The fraction of sp³-hybridized carbons (Fsp3) is 0.360. The first-order valence-corrected chi connectivity index (χ1v) is 12.0. The predicted octanol–water partition coefficient (Wildman–Crippen LogP) is 3.47. The van der Waals surface area contributed by atoms with Crippen molar-refractivity contribution in [2.75, 3.05) is 11.9 Å². The Morgan fingerprint density at radius 2 is 1.95 bits per heavy atom. The summed E-state index contributed by atoms with van der Waals surface area (Å²) >= 11 is 0. The number of nitrogens with one attached hydrogen (secondary N) is 2. The molecule has 1 aromatic carbocycles. The van der Waals surface area contributed by atoms with Crippen LogP contribution in [-0.4, -0.2) is 42.1 Å². The SMILES string of the molecule is CC(O)(c1cccc(-n2c3nc(Nc4ccc5c(c4)CCNC5)ncc3c(=O)n2C2CC2)n1)C(F)(F)F. The van der Waals surface area contributed by atoms with E-state index in [1.165, 1.54) is 38.8 Å². The largest absolute Gasteiger partial charge is 0.422 e. The molecule has 1 atom stereocenters. The lowest BCUT2D eigenvalue weighted by Crippen LogP contribution is -2.40. The van der Waals surface area contributed by atoms with Crippen molar-refractivity contribution < 1.29 is 18.3 Å². The second-order valence-electron chi connectivity index (χ2n) is 9.61. The fourth-order valence-electron chi connectivity index (χ4n) is 4.57. The van der Waals surface area contributed by atoms with Crippen LogP contribution < -0.4 is 16.2 Å². The zero-order valence-electron chi connectivity index (χ0n) is 19.9. The van der Waals surface area contributed by atoms with Crippen LogP contribution in [-0.2, 0) is 18.6 Å². The molecule has 0 bridgehead atoms. The number of hydrogen-bond donors (Lipinski definition) is 3. The summed E-state index contributed by atoms with van der Waals surface area (Å²) in [5.41, 5.74) is -0.640. The highest BCUT2D eigenvalue weighted by Gasteiger charge is 2.52. The fourth-order valence-corrected chi connectivity index (χ4v) is 4.57. The maximum absolute atomic E-state index is 13.5. The molecule has 0 saturated heterocycles. The van der Waals surface area contributed by atoms with Gasteiger partial charge in [-0.25, -0.2) is 19.3 Å². The Balaban J connectivity index is 1.46. The number of pyridine rings is 1. The average Bonchev–Trinajstić information content (AvgIpc) is 3.67. The minimum atomic E-state index is -4.93. The zero-order chi connectivity index (χ0) is 25.9. The van der Waals surface area contributed by atoms with Crippen LogP contribution in [0.25, 0.3) is 16.9 Å². The molecule has 3 aromatic heterocycles. The van der Waals surface area contributed by atoms with E-state index in [0.29, 0.717) is 6.92 Å². The molecule has 1 aliphatic heterocycles. The van der Waals surface area contributed by atoms with Gasteiger partial charge in [0, 0.05) is 18.4 Å². The molecule has 1 aliphatic carbocycles. The van der Waals surface area contributed by atoms with Gasteiger partial charge in [0.05, 0.1) is 11.7 Å². The molecule has 4 heterocycles. The van der Waals surface area contributed by atoms with Crippen molar-refractivity contribution >= 4 is 22.7 Å². The Morgan fingerprint density at radius 1 is 1.14 bits per heavy atom. The van der Waals surface area contributed by atoms with Gasteiger partial charge in [-0.3, -0.25) is 4.79 Å². The van der Waals surface area contributed by atoms with Crippen molar-refractivity contribution in [2.45, 2.75) is 50.6 Å². The molecule has 9 nitrogen and oxygen atoms in total. The number of benzene rings is 1. The standard InChI is InChI=1S/C25H24F3N7O2/c1-24(37,25(26,27)28)19-3-2-4-20(32-19)35-21-18(22(36)34(35)17-7-8-17)13-30-23(33-21)31-16-6-5-15-12-29-10-9-14(15)11-16/h2-6,11,13,17,29,37H,7-10,12H2,1H3,(H,30,31,33). The lowest BCUT2D eigenvalue weighted by Gasteiger charge is -2.26. The number of aliphatic hydroxyl groups is 1. The van der Waals surface area contributed by atoms with Gasteiger partial charge in [-0.1, -0.05) is 12.1 Å². The summed E-state index contributed by atoms with van der Waals surface area (Å²) in [5.74, 6) is 0.286. The number of rotatable bonds is 5. The van der Waals surface area contributed by atoms with E-state index in [2.05, 4.69) is 25.6 Å². The van der Waals surface area contributed by atoms with Crippen LogP contribution in [0.3, 0.4) is 0 Å². The number of halogens is 3. The summed E-state index contributed by atoms with van der Waals surface area (Å²) < 4.78 is 43.4. The molecule has 37 heavy (non-hydrogen) atoms. The topological polar surface area (TPSA) is 110 Å². The van der Waals surface area contributed by atoms with Gasteiger partial charge < -0.3 is 15.7 Å². The third-order valence-electron chi connectivity index (χ3n) is 6.87. The molecular formula is C25H24F3N7O2. The van der Waals surface area contributed by atoms with Gasteiger partial charge in [0.25, 0.3) is 5.56 Å². The predicted molar refractivity (Wildman–Crippen MR) is 130 cm³/mol. The highest BCUT2D eigenvalue weighted by Crippen LogP contribution is 2.39. The minimum absolute atomic E-state index is 0.0481. The van der Waals surface area contributed by atoms with Crippen molar-refractivity contribution in [1.29, 1.82) is 0 Å². The van der Waals surface area contributed by atoms with Gasteiger partial charge >= 0.3 is 6.18 Å². The van der Waals surface area contributed by atoms with Crippen LogP contribution in [0.1, 0.15) is 42.6 Å². The molecule has 0 spiro atoms. The first-order valence-electron chi connectivity index (χ1n) is 12.0. The Bertz CT molecular complexity index is 1570. The smallest absolute Gasteiger partial charge is 0.375 e. The maximum Gasteiger partial charge on any atom is 0.422 e. The van der Waals surface area contributed by atoms with Crippen LogP contribution in [0.5, 0.6) is 0 Å². The van der Waals surface area contributed by atoms with E-state index in [0.717, 1.165) is 44.1 Å². The van der Waals surface area contributed by atoms with Gasteiger partial charge in [0.15, 0.2) is 17.1 Å². The van der Waals surface area contributed by atoms with Crippen LogP contribution in [0.15, 0.2) is 47.4 Å². The summed E-state index contributed by atoms with van der Waals surface area (Å²) in [5, 5.41) is 16.9. The molecular weight excluding hydrogens is 487 g/mol. The lowest BCUT2D eigenvalue weighted by atomic mass is 10.0. The quantitative estimate of drug-likeness (QED) is 0.376. The number of anilines is 2. The molecule has 0 radical (unpaired) electrons. The van der Waals surface area contributed by atoms with Gasteiger partial charge in [0.2, 0.25) is 5.95 Å². The molecule has 6 rings (SSSR count). The van der Waals surface area contributed by atoms with Crippen LogP contribution in [0.4, 0.5) is 24.8 Å². The Morgan fingerprint density at radius 3 is 2.70 bits per heavy atom. The molecule has 1 unspecified atom stereocenters. The monoisotopic (exact) mass is 511 g/mol. The first-order chi connectivity index (χ1) is 17.6. The third-order valence-corrected chi connectivity index (χ3v) is 6.87. The van der Waals surface area contributed by atoms with E-state index >= 15 is 0 Å². The number of nitrogens with zero attached hydrogens (tertiary/aromatic N) is 5. The van der Waals surface area contributed by atoms with Crippen molar-refractivity contribution in [3.63, 3.8) is 0 Å². The molecule has 4 aromatic rings. The average molecular weight is 512 g/mol. The molecule has 1 fully saturated rings. The number of alkyl halides is 3. The number of fused-ring (bicyclic) bond motifs is 2. The van der Waals surface area contributed by atoms with E-state index in [1.807, 2.05) is 18.2 Å². The van der Waals surface area contributed by atoms with Crippen LogP contribution in [0.2, 0.25) is 0 Å². The molecule has 3 N–H and O–H groups in total. The number of hydrogen-bond acceptors (Lipinski definition) is 7. The van der Waals surface area contributed by atoms with Crippen molar-refractivity contribution in [1.82, 2.24) is 29.6 Å². The summed E-state index contributed by atoms with van der Waals surface area (Å²) in [6.45, 7) is 2.36. The van der Waals surface area contributed by atoms with Crippen LogP contribution in [0, 0.1) is 0 Å². The summed E-state index contributed by atoms with van der Waals surface area (Å²) in [6.07, 6.45) is -1.12. The normalized spacial score (nSPS) is 17.4. The third kappa shape index (κ3) is 4.05. The highest BCUT2D eigenvalue weighted by atomic mass is 19.4. The Labute approximate surface area is 209 Å². The molecule has 192 valence electrons. The van der Waals surface area contributed by atoms with Crippen molar-refractivity contribution in [2.24, 2.45) is 0 Å². The van der Waals surface area contributed by atoms with E-state index in [4.69, 9.17) is 0 Å². The highest BCUT2D eigenvalue weighted by molar-refractivity contribution is 5.77. The Hall–Kier alpha value is -3.77. The van der Waals surface area contributed by atoms with Gasteiger partial charge in [-0.05, 0) is 68.1 Å². The first kappa shape index (κ1) is 23.6. The lowest BCUT2D eigenvalue weighted by molar-refractivity contribution is -0.260. The molecule has 0 amide bonds. The summed E-state index contributed by atoms with van der Waals surface area (Å²) in [6, 6.07) is 9.83. The van der Waals surface area contributed by atoms with E-state index in [9.17, 15) is 23.1 Å². The zero-order valence-corrected chi connectivity index (χ0v) is 19.9. The minimum Gasteiger partial charge on any atom is -0.375 e. The van der Waals surface area contributed by atoms with Crippen molar-refractivity contribution in [3.8, 4) is 5.82 Å². The second kappa shape index (κ2) is 8.38. The van der Waals surface area contributed by atoms with Crippen molar-refractivity contribution in [3.05, 3.63) is 69.8 Å². The van der Waals surface area contributed by atoms with E-state index in [-0.39, 0.29) is 34.4 Å². The second-order valence-corrected chi connectivity index (χ2v) is 9.61. The van der Waals surface area contributed by atoms with E-state index < -0.39 is 17.5 Å². The molecule has 2 aliphatic rings. The van der Waals surface area contributed by atoms with E-state index in [1.54, 1.807) is 0 Å². The maximum atomic E-state index is 13.5. The molecule has 1 saturated carbocycles.